The van der Waals surface area contributed by atoms with Crippen molar-refractivity contribution >= 4 is 25.9 Å². The van der Waals surface area contributed by atoms with Gasteiger partial charge in [0.2, 0.25) is 0 Å². The lowest BCUT2D eigenvalue weighted by molar-refractivity contribution is -0.161. The Morgan fingerprint density at radius 2 is 0.950 bits per heavy atom. The standard InChI is InChI=1S/C47H92NO11P/c1-5-7-9-11-13-15-17-19-21-23-25-27-29-31-33-35-44(50)55-41-43(42-57-60(53,54)56-40-38-48-46(52)59-47(3,4)37-39-49)58-45(51)36-34-32-30-28-26-24-22-20-18-16-14-12-10-8-6-2/h43,49H,5-42H2,1-4H3,(H,48,52)(H,53,54). The summed E-state index contributed by atoms with van der Waals surface area (Å²) in [6.07, 6.45) is 35.5. The van der Waals surface area contributed by atoms with E-state index in [0.29, 0.717) is 12.8 Å². The van der Waals surface area contributed by atoms with Gasteiger partial charge in [-0.1, -0.05) is 194 Å². The molecule has 0 aromatic carbocycles. The molecule has 3 N–H and O–H groups in total. The van der Waals surface area contributed by atoms with Crippen molar-refractivity contribution < 1.29 is 52.2 Å². The number of phosphoric ester groups is 1. The topological polar surface area (TPSA) is 167 Å². The minimum absolute atomic E-state index is 0.142. The maximum Gasteiger partial charge on any atom is 0.472 e. The van der Waals surface area contributed by atoms with Crippen molar-refractivity contribution in [2.45, 2.75) is 251 Å². The van der Waals surface area contributed by atoms with Crippen LogP contribution in [-0.2, 0) is 37.4 Å². The van der Waals surface area contributed by atoms with Crippen molar-refractivity contribution in [2.75, 3.05) is 33.0 Å². The first-order valence-electron chi connectivity index (χ1n) is 24.5. The first kappa shape index (κ1) is 58.3. The molecule has 0 bridgehead atoms. The summed E-state index contributed by atoms with van der Waals surface area (Å²) in [7, 11) is -4.61. The Balaban J connectivity index is 4.53. The molecule has 0 fully saturated rings. The zero-order valence-corrected chi connectivity index (χ0v) is 39.9. The van der Waals surface area contributed by atoms with Gasteiger partial charge >= 0.3 is 25.9 Å². The summed E-state index contributed by atoms with van der Waals surface area (Å²) in [6, 6.07) is 0. The highest BCUT2D eigenvalue weighted by molar-refractivity contribution is 7.47. The van der Waals surface area contributed by atoms with Crippen LogP contribution in [0.2, 0.25) is 0 Å². The molecule has 60 heavy (non-hydrogen) atoms. The summed E-state index contributed by atoms with van der Waals surface area (Å²) >= 11 is 0. The van der Waals surface area contributed by atoms with Crippen LogP contribution in [0, 0.1) is 0 Å². The molecule has 0 aliphatic heterocycles. The summed E-state index contributed by atoms with van der Waals surface area (Å²) in [5.74, 6) is -0.908. The molecule has 356 valence electrons. The number of aliphatic hydroxyl groups is 1. The molecule has 2 unspecified atom stereocenters. The monoisotopic (exact) mass is 878 g/mol. The van der Waals surface area contributed by atoms with Gasteiger partial charge in [-0.15, -0.1) is 0 Å². The average Bonchev–Trinajstić information content (AvgIpc) is 3.20. The highest BCUT2D eigenvalue weighted by atomic mass is 31.2. The quantitative estimate of drug-likeness (QED) is 0.0230. The summed E-state index contributed by atoms with van der Waals surface area (Å²) < 4.78 is 38.8. The normalized spacial score (nSPS) is 13.2. The maximum atomic E-state index is 12.8. The minimum Gasteiger partial charge on any atom is -0.462 e. The first-order chi connectivity index (χ1) is 28.9. The molecular formula is C47H92NO11P. The van der Waals surface area contributed by atoms with Gasteiger partial charge in [0.05, 0.1) is 13.2 Å². The zero-order valence-electron chi connectivity index (χ0n) is 39.0. The molecule has 0 radical (unpaired) electrons. The fraction of sp³-hybridized carbons (Fsp3) is 0.936. The Morgan fingerprint density at radius 1 is 0.567 bits per heavy atom. The predicted molar refractivity (Wildman–Crippen MR) is 242 cm³/mol. The van der Waals surface area contributed by atoms with E-state index in [0.717, 1.165) is 38.5 Å². The highest BCUT2D eigenvalue weighted by Crippen LogP contribution is 2.43. The molecule has 0 aromatic rings. The number of ether oxygens (including phenoxy) is 3. The van der Waals surface area contributed by atoms with Crippen LogP contribution in [-0.4, -0.2) is 72.7 Å². The molecule has 0 spiro atoms. The van der Waals surface area contributed by atoms with Crippen LogP contribution in [0.25, 0.3) is 0 Å². The van der Waals surface area contributed by atoms with E-state index in [1.54, 1.807) is 13.8 Å². The van der Waals surface area contributed by atoms with E-state index in [1.165, 1.54) is 141 Å². The molecule has 0 aliphatic rings. The van der Waals surface area contributed by atoms with Crippen molar-refractivity contribution in [3.05, 3.63) is 0 Å². The molecule has 13 heteroatoms. The highest BCUT2D eigenvalue weighted by Gasteiger charge is 2.27. The van der Waals surface area contributed by atoms with Crippen LogP contribution in [0.1, 0.15) is 240 Å². The molecule has 0 heterocycles. The van der Waals surface area contributed by atoms with Crippen LogP contribution in [0.5, 0.6) is 0 Å². The Morgan fingerprint density at radius 3 is 1.35 bits per heavy atom. The van der Waals surface area contributed by atoms with E-state index in [-0.39, 0.29) is 45.6 Å². The number of hydrogen-bond acceptors (Lipinski definition) is 10. The second kappa shape index (κ2) is 41.3. The Hall–Kier alpha value is -1.72. The third-order valence-electron chi connectivity index (χ3n) is 10.8. The Bertz CT molecular complexity index is 1060. The van der Waals surface area contributed by atoms with Crippen molar-refractivity contribution in [3.63, 3.8) is 0 Å². The van der Waals surface area contributed by atoms with Crippen LogP contribution in [0.3, 0.4) is 0 Å². The van der Waals surface area contributed by atoms with Gasteiger partial charge in [0.1, 0.15) is 12.2 Å². The van der Waals surface area contributed by atoms with E-state index in [4.69, 9.17) is 28.4 Å². The SMILES string of the molecule is CCCCCCCCCCCCCCCCCC(=O)OCC(COP(=O)(O)OCCNC(=O)OC(C)(C)CCO)OC(=O)CCCCCCCCCCCCCCCCC. The number of unbranched alkanes of at least 4 members (excludes halogenated alkanes) is 28. The third kappa shape index (κ3) is 41.6. The van der Waals surface area contributed by atoms with E-state index < -0.39 is 44.2 Å². The van der Waals surface area contributed by atoms with Gasteiger partial charge < -0.3 is 29.5 Å². The number of nitrogens with one attached hydrogen (secondary N) is 1. The molecule has 0 saturated carbocycles. The number of aliphatic hydroxyl groups excluding tert-OH is 1. The number of rotatable bonds is 45. The first-order valence-corrected chi connectivity index (χ1v) is 26.0. The lowest BCUT2D eigenvalue weighted by atomic mass is 10.0. The second-order valence-electron chi connectivity index (χ2n) is 17.3. The van der Waals surface area contributed by atoms with Gasteiger partial charge in [-0.3, -0.25) is 18.6 Å². The van der Waals surface area contributed by atoms with Gasteiger partial charge in [0.25, 0.3) is 0 Å². The van der Waals surface area contributed by atoms with Crippen molar-refractivity contribution in [1.29, 1.82) is 0 Å². The van der Waals surface area contributed by atoms with Gasteiger partial charge in [0.15, 0.2) is 6.10 Å². The van der Waals surface area contributed by atoms with Crippen LogP contribution in [0.15, 0.2) is 0 Å². The molecule has 1 amide bonds. The van der Waals surface area contributed by atoms with E-state index in [9.17, 15) is 23.8 Å². The van der Waals surface area contributed by atoms with Crippen molar-refractivity contribution in [1.82, 2.24) is 5.32 Å². The summed E-state index contributed by atoms with van der Waals surface area (Å²) in [4.78, 5) is 47.6. The molecule has 0 saturated heterocycles. The van der Waals surface area contributed by atoms with Gasteiger partial charge in [-0.05, 0) is 26.7 Å². The minimum atomic E-state index is -4.61. The number of carbonyl (C=O) groups excluding carboxylic acids is 3. The number of alkyl carbamates (subject to hydrolysis) is 1. The summed E-state index contributed by atoms with van der Waals surface area (Å²) in [6.45, 7) is 6.33. The number of esters is 2. The molecule has 0 aliphatic carbocycles. The van der Waals surface area contributed by atoms with E-state index >= 15 is 0 Å². The fourth-order valence-corrected chi connectivity index (χ4v) is 7.79. The van der Waals surface area contributed by atoms with Gasteiger partial charge in [-0.25, -0.2) is 9.36 Å². The largest absolute Gasteiger partial charge is 0.472 e. The Kier molecular flexibility index (Phi) is 40.1. The number of hydrogen-bond donors (Lipinski definition) is 3. The molecular weight excluding hydrogens is 785 g/mol. The van der Waals surface area contributed by atoms with Crippen LogP contribution in [0.4, 0.5) is 4.79 Å². The fourth-order valence-electron chi connectivity index (χ4n) is 7.04. The summed E-state index contributed by atoms with van der Waals surface area (Å²) in [5.41, 5.74) is -0.886. The molecule has 0 aromatic heterocycles. The molecule has 0 rings (SSSR count). The molecule has 2 atom stereocenters. The van der Waals surface area contributed by atoms with Gasteiger partial charge in [-0.2, -0.15) is 0 Å². The van der Waals surface area contributed by atoms with E-state index in [2.05, 4.69) is 19.2 Å². The maximum absolute atomic E-state index is 12.8. The smallest absolute Gasteiger partial charge is 0.462 e. The molecule has 12 nitrogen and oxygen atoms in total. The lowest BCUT2D eigenvalue weighted by Gasteiger charge is -2.24. The van der Waals surface area contributed by atoms with Crippen LogP contribution >= 0.6 is 7.82 Å². The lowest BCUT2D eigenvalue weighted by Crippen LogP contribution is -2.36. The van der Waals surface area contributed by atoms with Crippen molar-refractivity contribution in [3.8, 4) is 0 Å². The predicted octanol–water partition coefficient (Wildman–Crippen LogP) is 13.0. The number of amides is 1. The second-order valence-corrected chi connectivity index (χ2v) is 18.8. The zero-order chi connectivity index (χ0) is 44.4. The third-order valence-corrected chi connectivity index (χ3v) is 11.8. The van der Waals surface area contributed by atoms with Crippen LogP contribution < -0.4 is 5.32 Å². The van der Waals surface area contributed by atoms with Crippen molar-refractivity contribution in [2.24, 2.45) is 0 Å². The average molecular weight is 878 g/mol. The van der Waals surface area contributed by atoms with Gasteiger partial charge in [0, 0.05) is 32.4 Å². The summed E-state index contributed by atoms with van der Waals surface area (Å²) in [5, 5.41) is 11.5. The van der Waals surface area contributed by atoms with E-state index in [1.807, 2.05) is 0 Å². The Labute approximate surface area is 366 Å². The number of phosphoric acid groups is 1. The number of carbonyl (C=O) groups is 3.